The fourth-order valence-electron chi connectivity index (χ4n) is 1.50. The first kappa shape index (κ1) is 13.8. The molecular formula is C13H8F3N3O. The maximum absolute atomic E-state index is 12.5. The van der Waals surface area contributed by atoms with Gasteiger partial charge in [-0.25, -0.2) is 0 Å². The Labute approximate surface area is 112 Å². The van der Waals surface area contributed by atoms with Crippen molar-refractivity contribution < 1.29 is 17.9 Å². The largest absolute Gasteiger partial charge is 0.457 e. The van der Waals surface area contributed by atoms with Crippen LogP contribution in [0.25, 0.3) is 10.4 Å². The fourth-order valence-corrected chi connectivity index (χ4v) is 1.50. The third kappa shape index (κ3) is 3.43. The Balaban J connectivity index is 2.19. The molecule has 0 amide bonds. The summed E-state index contributed by atoms with van der Waals surface area (Å²) >= 11 is 0. The standard InChI is InChI=1S/C13H8F3N3O/c14-13(15,16)9-2-1-3-12(8-9)20-11-6-4-10(5-7-11)18-19-17/h1-8H. The first-order valence-electron chi connectivity index (χ1n) is 5.49. The van der Waals surface area contributed by atoms with Crippen molar-refractivity contribution in [1.82, 2.24) is 0 Å². The molecule has 4 nitrogen and oxygen atoms in total. The molecular weight excluding hydrogens is 271 g/mol. The summed E-state index contributed by atoms with van der Waals surface area (Å²) < 4.78 is 42.9. The number of ether oxygens (including phenoxy) is 1. The molecule has 2 rings (SSSR count). The number of rotatable bonds is 3. The second kappa shape index (κ2) is 5.54. The molecule has 0 saturated carbocycles. The highest BCUT2D eigenvalue weighted by molar-refractivity contribution is 5.43. The zero-order valence-corrected chi connectivity index (χ0v) is 10.0. The molecule has 0 aromatic heterocycles. The van der Waals surface area contributed by atoms with Gasteiger partial charge in [0.15, 0.2) is 0 Å². The summed E-state index contributed by atoms with van der Waals surface area (Å²) in [4.78, 5) is 2.62. The lowest BCUT2D eigenvalue weighted by Crippen LogP contribution is -2.04. The number of alkyl halides is 3. The van der Waals surface area contributed by atoms with Gasteiger partial charge in [-0.15, -0.1) is 0 Å². The SMILES string of the molecule is [N-]=[N+]=Nc1ccc(Oc2cccc(C(F)(F)F)c2)cc1. The van der Waals surface area contributed by atoms with Gasteiger partial charge in [-0.05, 0) is 48.0 Å². The maximum atomic E-state index is 12.5. The lowest BCUT2D eigenvalue weighted by Gasteiger charge is -2.10. The van der Waals surface area contributed by atoms with Crippen molar-refractivity contribution >= 4 is 5.69 Å². The molecule has 20 heavy (non-hydrogen) atoms. The summed E-state index contributed by atoms with van der Waals surface area (Å²) in [5, 5.41) is 3.38. The first-order chi connectivity index (χ1) is 9.49. The zero-order chi connectivity index (χ0) is 14.6. The number of nitrogens with zero attached hydrogens (tertiary/aromatic N) is 3. The molecule has 0 spiro atoms. The lowest BCUT2D eigenvalue weighted by atomic mass is 10.2. The van der Waals surface area contributed by atoms with Gasteiger partial charge in [-0.2, -0.15) is 13.2 Å². The Kier molecular flexibility index (Phi) is 3.81. The molecule has 2 aromatic carbocycles. The van der Waals surface area contributed by atoms with E-state index in [1.165, 1.54) is 36.4 Å². The minimum absolute atomic E-state index is 0.0800. The van der Waals surface area contributed by atoms with Crippen molar-refractivity contribution in [2.24, 2.45) is 5.11 Å². The third-order valence-electron chi connectivity index (χ3n) is 2.39. The number of benzene rings is 2. The third-order valence-corrected chi connectivity index (χ3v) is 2.39. The van der Waals surface area contributed by atoms with Crippen LogP contribution in [0.3, 0.4) is 0 Å². The number of hydrogen-bond acceptors (Lipinski definition) is 2. The van der Waals surface area contributed by atoms with Crippen molar-refractivity contribution in [3.8, 4) is 11.5 Å². The molecule has 0 heterocycles. The monoisotopic (exact) mass is 279 g/mol. The Morgan fingerprint density at radius 3 is 2.30 bits per heavy atom. The fraction of sp³-hybridized carbons (Fsp3) is 0.0769. The van der Waals surface area contributed by atoms with Crippen molar-refractivity contribution in [2.75, 3.05) is 0 Å². The lowest BCUT2D eigenvalue weighted by molar-refractivity contribution is -0.137. The van der Waals surface area contributed by atoms with Crippen molar-refractivity contribution in [3.05, 3.63) is 64.5 Å². The van der Waals surface area contributed by atoms with Crippen molar-refractivity contribution in [1.29, 1.82) is 0 Å². The second-order valence-electron chi connectivity index (χ2n) is 3.81. The van der Waals surface area contributed by atoms with E-state index in [1.54, 1.807) is 0 Å². The molecule has 0 bridgehead atoms. The van der Waals surface area contributed by atoms with Gasteiger partial charge in [0, 0.05) is 10.6 Å². The molecule has 0 aliphatic rings. The Morgan fingerprint density at radius 2 is 1.70 bits per heavy atom. The second-order valence-corrected chi connectivity index (χ2v) is 3.81. The Hall–Kier alpha value is -2.66. The molecule has 7 heteroatoms. The van der Waals surface area contributed by atoms with Crippen LogP contribution in [0.1, 0.15) is 5.56 Å². The number of azide groups is 1. The highest BCUT2D eigenvalue weighted by Gasteiger charge is 2.30. The van der Waals surface area contributed by atoms with Gasteiger partial charge >= 0.3 is 6.18 Å². The van der Waals surface area contributed by atoms with Crippen molar-refractivity contribution in [3.63, 3.8) is 0 Å². The Morgan fingerprint density at radius 1 is 1.00 bits per heavy atom. The van der Waals surface area contributed by atoms with Gasteiger partial charge in [-0.1, -0.05) is 11.2 Å². The van der Waals surface area contributed by atoms with Gasteiger partial charge < -0.3 is 4.74 Å². The normalized spacial score (nSPS) is 10.8. The van der Waals surface area contributed by atoms with Gasteiger partial charge in [0.2, 0.25) is 0 Å². The van der Waals surface area contributed by atoms with Crippen LogP contribution in [0.5, 0.6) is 11.5 Å². The summed E-state index contributed by atoms with van der Waals surface area (Å²) in [7, 11) is 0. The summed E-state index contributed by atoms with van der Waals surface area (Å²) in [6.07, 6.45) is -4.41. The quantitative estimate of drug-likeness (QED) is 0.419. The van der Waals surface area contributed by atoms with E-state index < -0.39 is 11.7 Å². The predicted octanol–water partition coefficient (Wildman–Crippen LogP) is 5.44. The van der Waals surface area contributed by atoms with E-state index in [0.717, 1.165) is 12.1 Å². The minimum Gasteiger partial charge on any atom is -0.457 e. The van der Waals surface area contributed by atoms with E-state index in [4.69, 9.17) is 10.3 Å². The van der Waals surface area contributed by atoms with E-state index in [0.29, 0.717) is 11.4 Å². The molecule has 0 aliphatic carbocycles. The summed E-state index contributed by atoms with van der Waals surface area (Å²) in [5.41, 5.74) is 7.87. The highest BCUT2D eigenvalue weighted by atomic mass is 19.4. The van der Waals surface area contributed by atoms with Crippen LogP contribution in [0, 0.1) is 0 Å². The smallest absolute Gasteiger partial charge is 0.416 e. The predicted molar refractivity (Wildman–Crippen MR) is 66.8 cm³/mol. The number of halogens is 3. The average Bonchev–Trinajstić information content (AvgIpc) is 2.41. The molecule has 102 valence electrons. The van der Waals surface area contributed by atoms with Crippen LogP contribution in [-0.2, 0) is 6.18 Å². The zero-order valence-electron chi connectivity index (χ0n) is 10.0. The summed E-state index contributed by atoms with van der Waals surface area (Å²) in [5.74, 6) is 0.428. The van der Waals surface area contributed by atoms with E-state index >= 15 is 0 Å². The molecule has 2 aromatic rings. The van der Waals surface area contributed by atoms with Crippen LogP contribution in [0.4, 0.5) is 18.9 Å². The molecule has 0 atom stereocenters. The Bertz CT molecular complexity index is 647. The molecule has 0 saturated heterocycles. The maximum Gasteiger partial charge on any atom is 0.416 e. The van der Waals surface area contributed by atoms with Crippen LogP contribution in [0.15, 0.2) is 53.6 Å². The highest BCUT2D eigenvalue weighted by Crippen LogP contribution is 2.32. The number of hydrogen-bond donors (Lipinski definition) is 0. The first-order valence-corrected chi connectivity index (χ1v) is 5.49. The molecule has 0 fully saturated rings. The van der Waals surface area contributed by atoms with E-state index in [9.17, 15) is 13.2 Å². The molecule has 0 radical (unpaired) electrons. The molecule has 0 N–H and O–H groups in total. The van der Waals surface area contributed by atoms with Crippen LogP contribution in [0.2, 0.25) is 0 Å². The summed E-state index contributed by atoms with van der Waals surface area (Å²) in [6, 6.07) is 10.6. The van der Waals surface area contributed by atoms with E-state index in [1.807, 2.05) is 0 Å². The van der Waals surface area contributed by atoms with E-state index in [2.05, 4.69) is 10.0 Å². The molecule has 0 aliphatic heterocycles. The van der Waals surface area contributed by atoms with Crippen LogP contribution < -0.4 is 4.74 Å². The van der Waals surface area contributed by atoms with Gasteiger partial charge in [-0.3, -0.25) is 0 Å². The van der Waals surface area contributed by atoms with Gasteiger partial charge in [0.25, 0.3) is 0 Å². The van der Waals surface area contributed by atoms with Gasteiger partial charge in [0.1, 0.15) is 11.5 Å². The van der Waals surface area contributed by atoms with Crippen molar-refractivity contribution in [2.45, 2.75) is 6.18 Å². The van der Waals surface area contributed by atoms with E-state index in [-0.39, 0.29) is 5.75 Å². The summed E-state index contributed by atoms with van der Waals surface area (Å²) in [6.45, 7) is 0. The van der Waals surface area contributed by atoms with Crippen LogP contribution >= 0.6 is 0 Å². The topological polar surface area (TPSA) is 58.0 Å². The average molecular weight is 279 g/mol. The minimum atomic E-state index is -4.41. The van der Waals surface area contributed by atoms with Gasteiger partial charge in [0.05, 0.1) is 5.56 Å². The molecule has 0 unspecified atom stereocenters. The van der Waals surface area contributed by atoms with Crippen LogP contribution in [-0.4, -0.2) is 0 Å².